The van der Waals surface area contributed by atoms with Gasteiger partial charge < -0.3 is 14.2 Å². The van der Waals surface area contributed by atoms with Gasteiger partial charge in [-0.15, -0.1) is 0 Å². The molecule has 0 aliphatic carbocycles. The van der Waals surface area contributed by atoms with Gasteiger partial charge in [0.15, 0.2) is 11.4 Å². The molecule has 2 aromatic rings. The normalized spacial score (nSPS) is 19.6. The van der Waals surface area contributed by atoms with Gasteiger partial charge in [-0.25, -0.2) is 0 Å². The highest BCUT2D eigenvalue weighted by Crippen LogP contribution is 2.28. The summed E-state index contributed by atoms with van der Waals surface area (Å²) in [5.74, 6) is 0.0992. The van der Waals surface area contributed by atoms with Crippen molar-refractivity contribution in [2.75, 3.05) is 6.54 Å². The fraction of sp³-hybridized carbons (Fsp3) is 0.368. The summed E-state index contributed by atoms with van der Waals surface area (Å²) in [5.41, 5.74) is 1.14. The van der Waals surface area contributed by atoms with E-state index in [2.05, 4.69) is 0 Å². The summed E-state index contributed by atoms with van der Waals surface area (Å²) in [6, 6.07) is 11.4. The number of hydrogen-bond acceptors (Lipinski definition) is 3. The maximum absolute atomic E-state index is 12.9. The van der Waals surface area contributed by atoms with E-state index in [-0.39, 0.29) is 29.7 Å². The zero-order valence-corrected chi connectivity index (χ0v) is 13.5. The Labute approximate surface area is 140 Å². The number of amides is 1. The Bertz CT molecular complexity index is 813. The summed E-state index contributed by atoms with van der Waals surface area (Å²) in [6.45, 7) is 1.79. The fourth-order valence-electron chi connectivity index (χ4n) is 3.62. The number of hydrogen-bond donors (Lipinski definition) is 0. The van der Waals surface area contributed by atoms with Crippen LogP contribution in [0.15, 0.2) is 47.4 Å². The van der Waals surface area contributed by atoms with Crippen molar-refractivity contribution in [1.29, 1.82) is 0 Å². The Kier molecular flexibility index (Phi) is 3.84. The van der Waals surface area contributed by atoms with Crippen LogP contribution in [0.2, 0.25) is 0 Å². The van der Waals surface area contributed by atoms with Crippen molar-refractivity contribution in [3.8, 4) is 5.75 Å². The Balaban J connectivity index is 1.68. The van der Waals surface area contributed by atoms with Crippen LogP contribution in [0, 0.1) is 0 Å². The molecule has 2 aliphatic heterocycles. The molecule has 24 heavy (non-hydrogen) atoms. The summed E-state index contributed by atoms with van der Waals surface area (Å²) in [7, 11) is 0. The molecule has 0 unspecified atom stereocenters. The van der Waals surface area contributed by atoms with E-state index >= 15 is 0 Å². The molecule has 1 fully saturated rings. The number of carbonyl (C=O) groups excluding carboxylic acids is 1. The molecule has 1 aromatic carbocycles. The molecule has 0 N–H and O–H groups in total. The van der Waals surface area contributed by atoms with Gasteiger partial charge >= 0.3 is 0 Å². The lowest BCUT2D eigenvalue weighted by molar-refractivity contribution is 0.0503. The van der Waals surface area contributed by atoms with Gasteiger partial charge in [-0.05, 0) is 24.8 Å². The molecule has 1 aromatic heterocycles. The van der Waals surface area contributed by atoms with E-state index in [0.717, 1.165) is 37.9 Å². The average molecular weight is 324 g/mol. The second kappa shape index (κ2) is 6.15. The Morgan fingerprint density at radius 1 is 1.08 bits per heavy atom. The van der Waals surface area contributed by atoms with E-state index in [4.69, 9.17) is 4.74 Å². The number of nitrogens with zero attached hydrogens (tertiary/aromatic N) is 2. The molecule has 1 saturated heterocycles. The second-order valence-corrected chi connectivity index (χ2v) is 6.43. The molecule has 0 saturated carbocycles. The van der Waals surface area contributed by atoms with Gasteiger partial charge in [0.25, 0.3) is 5.91 Å². The number of aromatic nitrogens is 1. The first-order chi connectivity index (χ1) is 11.7. The largest absolute Gasteiger partial charge is 0.483 e. The minimum absolute atomic E-state index is 0.0771. The highest BCUT2D eigenvalue weighted by molar-refractivity contribution is 5.96. The predicted molar refractivity (Wildman–Crippen MR) is 90.2 cm³/mol. The third kappa shape index (κ3) is 2.60. The van der Waals surface area contributed by atoms with Crippen LogP contribution in [0.3, 0.4) is 0 Å². The van der Waals surface area contributed by atoms with Crippen LogP contribution < -0.4 is 10.2 Å². The highest BCUT2D eigenvalue weighted by Gasteiger charge is 2.36. The smallest absolute Gasteiger partial charge is 0.274 e. The highest BCUT2D eigenvalue weighted by atomic mass is 16.5. The monoisotopic (exact) mass is 324 g/mol. The third-order valence-electron chi connectivity index (χ3n) is 4.86. The maximum atomic E-state index is 12.9. The maximum Gasteiger partial charge on any atom is 0.274 e. The summed E-state index contributed by atoms with van der Waals surface area (Å²) < 4.78 is 7.68. The van der Waals surface area contributed by atoms with Crippen molar-refractivity contribution < 1.29 is 9.53 Å². The van der Waals surface area contributed by atoms with Crippen LogP contribution in [0.25, 0.3) is 0 Å². The van der Waals surface area contributed by atoms with Crippen LogP contribution in [-0.4, -0.2) is 28.0 Å². The standard InChI is InChI=1S/C19H20N2O3/c22-16-9-11-20-12-15-8-4-5-10-21(15)19(23)17(20)18(16)24-13-14-6-2-1-3-7-14/h1-3,6-7,9,11,15H,4-5,8,10,12-13H2/t15-/m0/s1. The summed E-state index contributed by atoms with van der Waals surface area (Å²) in [5, 5.41) is 0. The van der Waals surface area contributed by atoms with Gasteiger partial charge in [0, 0.05) is 31.4 Å². The summed E-state index contributed by atoms with van der Waals surface area (Å²) in [6.07, 6.45) is 4.93. The first-order valence-corrected chi connectivity index (χ1v) is 8.45. The number of pyridine rings is 1. The van der Waals surface area contributed by atoms with E-state index in [9.17, 15) is 9.59 Å². The molecule has 4 rings (SSSR count). The lowest BCUT2D eigenvalue weighted by atomic mass is 9.98. The fourth-order valence-corrected chi connectivity index (χ4v) is 3.62. The number of ether oxygens (including phenoxy) is 1. The topological polar surface area (TPSA) is 51.5 Å². The quantitative estimate of drug-likeness (QED) is 0.871. The molecular weight excluding hydrogens is 304 g/mol. The SMILES string of the molecule is O=C1c2c(OCc3ccccc3)c(=O)ccn2C[C@@H]2CCCCN12. The molecule has 1 amide bonds. The van der Waals surface area contributed by atoms with Crippen molar-refractivity contribution in [2.24, 2.45) is 0 Å². The van der Waals surface area contributed by atoms with Gasteiger partial charge in [-0.3, -0.25) is 9.59 Å². The molecule has 1 atom stereocenters. The molecule has 0 radical (unpaired) electrons. The average Bonchev–Trinajstić information content (AvgIpc) is 2.62. The Morgan fingerprint density at radius 3 is 2.75 bits per heavy atom. The van der Waals surface area contributed by atoms with E-state index in [1.54, 1.807) is 6.20 Å². The minimum Gasteiger partial charge on any atom is -0.483 e. The molecule has 5 heteroatoms. The van der Waals surface area contributed by atoms with Gasteiger partial charge in [0.05, 0.1) is 0 Å². The Hall–Kier alpha value is -2.56. The first-order valence-electron chi connectivity index (χ1n) is 8.45. The van der Waals surface area contributed by atoms with E-state index < -0.39 is 0 Å². The van der Waals surface area contributed by atoms with Gasteiger partial charge in [0.1, 0.15) is 6.61 Å². The van der Waals surface area contributed by atoms with Crippen molar-refractivity contribution in [3.05, 3.63) is 64.1 Å². The first kappa shape index (κ1) is 15.0. The van der Waals surface area contributed by atoms with Gasteiger partial charge in [-0.2, -0.15) is 0 Å². The molecule has 5 nitrogen and oxygen atoms in total. The van der Waals surface area contributed by atoms with Crippen molar-refractivity contribution >= 4 is 5.91 Å². The predicted octanol–water partition coefficient (Wildman–Crippen LogP) is 2.44. The number of benzene rings is 1. The second-order valence-electron chi connectivity index (χ2n) is 6.43. The van der Waals surface area contributed by atoms with Crippen molar-refractivity contribution in [2.45, 2.75) is 38.5 Å². The van der Waals surface area contributed by atoms with Crippen molar-refractivity contribution in [1.82, 2.24) is 9.47 Å². The summed E-state index contributed by atoms with van der Waals surface area (Å²) in [4.78, 5) is 27.1. The molecule has 3 heterocycles. The van der Waals surface area contributed by atoms with Crippen LogP contribution >= 0.6 is 0 Å². The summed E-state index contributed by atoms with van der Waals surface area (Å²) >= 11 is 0. The van der Waals surface area contributed by atoms with Gasteiger partial charge in [0.2, 0.25) is 5.43 Å². The Morgan fingerprint density at radius 2 is 1.92 bits per heavy atom. The molecule has 0 bridgehead atoms. The van der Waals surface area contributed by atoms with Crippen molar-refractivity contribution in [3.63, 3.8) is 0 Å². The van der Waals surface area contributed by atoms with E-state index in [1.165, 1.54) is 6.07 Å². The third-order valence-corrected chi connectivity index (χ3v) is 4.86. The number of carbonyl (C=O) groups is 1. The zero-order chi connectivity index (χ0) is 16.5. The molecule has 2 aliphatic rings. The molecule has 0 spiro atoms. The van der Waals surface area contributed by atoms with Crippen LogP contribution in [0.5, 0.6) is 5.75 Å². The number of fused-ring (bicyclic) bond motifs is 2. The number of piperidine rings is 1. The molecular formula is C19H20N2O3. The minimum atomic E-state index is -0.235. The number of rotatable bonds is 3. The van der Waals surface area contributed by atoms with Crippen LogP contribution in [0.4, 0.5) is 0 Å². The van der Waals surface area contributed by atoms with E-state index in [1.807, 2.05) is 39.8 Å². The van der Waals surface area contributed by atoms with Crippen LogP contribution in [-0.2, 0) is 13.2 Å². The van der Waals surface area contributed by atoms with E-state index in [0.29, 0.717) is 5.69 Å². The zero-order valence-electron chi connectivity index (χ0n) is 13.5. The molecule has 124 valence electrons. The van der Waals surface area contributed by atoms with Crippen LogP contribution in [0.1, 0.15) is 35.3 Å². The lowest BCUT2D eigenvalue weighted by Crippen LogP contribution is -2.51. The van der Waals surface area contributed by atoms with Gasteiger partial charge in [-0.1, -0.05) is 30.3 Å². The lowest BCUT2D eigenvalue weighted by Gasteiger charge is -2.40.